The monoisotopic (exact) mass is 391 g/mol. The van der Waals surface area contributed by atoms with Crippen molar-refractivity contribution in [3.05, 3.63) is 78.0 Å². The molecule has 1 aromatic heterocycles. The van der Waals surface area contributed by atoms with Crippen molar-refractivity contribution in [2.24, 2.45) is 0 Å². The van der Waals surface area contributed by atoms with E-state index >= 15 is 0 Å². The van der Waals surface area contributed by atoms with Gasteiger partial charge in [-0.25, -0.2) is 4.79 Å². The molecule has 2 N–H and O–H groups in total. The molecule has 0 saturated carbocycles. The zero-order valence-electron chi connectivity index (χ0n) is 15.9. The smallest absolute Gasteiger partial charge is 0.328 e. The van der Waals surface area contributed by atoms with Crippen LogP contribution in [-0.2, 0) is 20.7 Å². The van der Waals surface area contributed by atoms with Crippen molar-refractivity contribution in [3.63, 3.8) is 0 Å². The summed E-state index contributed by atoms with van der Waals surface area (Å²) in [5.41, 5.74) is 1.90. The van der Waals surface area contributed by atoms with Gasteiger partial charge in [-0.2, -0.15) is 0 Å². The Morgan fingerprint density at radius 1 is 0.966 bits per heavy atom. The molecule has 0 unspecified atom stereocenters. The van der Waals surface area contributed by atoms with Crippen molar-refractivity contribution < 1.29 is 19.1 Å². The summed E-state index contributed by atoms with van der Waals surface area (Å²) in [5, 5.41) is 6.12. The first-order valence-corrected chi connectivity index (χ1v) is 9.12. The van der Waals surface area contributed by atoms with Crippen molar-refractivity contribution >= 4 is 28.7 Å². The molecular formula is C22H21N3O4. The average molecular weight is 391 g/mol. The van der Waals surface area contributed by atoms with Gasteiger partial charge < -0.3 is 15.4 Å². The summed E-state index contributed by atoms with van der Waals surface area (Å²) in [7, 11) is 1.26. The molecule has 148 valence electrons. The number of amides is 2. The highest BCUT2D eigenvalue weighted by Crippen LogP contribution is 2.13. The fourth-order valence-electron chi connectivity index (χ4n) is 2.86. The predicted octanol–water partition coefficient (Wildman–Crippen LogP) is 1.87. The molecule has 0 saturated heterocycles. The first kappa shape index (κ1) is 20.0. The third kappa shape index (κ3) is 5.38. The number of nitrogens with zero attached hydrogens (tertiary/aromatic N) is 1. The summed E-state index contributed by atoms with van der Waals surface area (Å²) >= 11 is 0. The van der Waals surface area contributed by atoms with E-state index in [4.69, 9.17) is 4.74 Å². The number of para-hydroxylation sites is 1. The van der Waals surface area contributed by atoms with Gasteiger partial charge >= 0.3 is 5.97 Å². The molecule has 7 nitrogen and oxygen atoms in total. The number of rotatable bonds is 7. The normalized spacial score (nSPS) is 11.5. The van der Waals surface area contributed by atoms with Crippen LogP contribution >= 0.6 is 0 Å². The van der Waals surface area contributed by atoms with E-state index in [0.717, 1.165) is 10.9 Å². The number of ether oxygens (including phenoxy) is 1. The topological polar surface area (TPSA) is 97.4 Å². The van der Waals surface area contributed by atoms with E-state index in [2.05, 4.69) is 15.6 Å². The molecule has 0 aliphatic rings. The summed E-state index contributed by atoms with van der Waals surface area (Å²) < 4.78 is 4.80. The Kier molecular flexibility index (Phi) is 6.52. The molecule has 3 aromatic rings. The molecule has 2 aromatic carbocycles. The zero-order chi connectivity index (χ0) is 20.6. The Bertz CT molecular complexity index is 1020. The maximum atomic E-state index is 12.3. The molecule has 1 heterocycles. The number of esters is 1. The maximum Gasteiger partial charge on any atom is 0.328 e. The highest BCUT2D eigenvalue weighted by atomic mass is 16.5. The van der Waals surface area contributed by atoms with Gasteiger partial charge in [-0.05, 0) is 24.3 Å². The van der Waals surface area contributed by atoms with Crippen molar-refractivity contribution in [3.8, 4) is 0 Å². The second-order valence-corrected chi connectivity index (χ2v) is 6.39. The third-order valence-corrected chi connectivity index (χ3v) is 4.34. The molecule has 0 aliphatic carbocycles. The summed E-state index contributed by atoms with van der Waals surface area (Å²) in [6, 6.07) is 19.0. The Morgan fingerprint density at radius 3 is 2.45 bits per heavy atom. The molecular weight excluding hydrogens is 370 g/mol. The summed E-state index contributed by atoms with van der Waals surface area (Å²) in [6.07, 6.45) is 0.176. The van der Waals surface area contributed by atoms with Crippen LogP contribution in [0, 0.1) is 0 Å². The summed E-state index contributed by atoms with van der Waals surface area (Å²) in [6.45, 7) is -0.258. The fraction of sp³-hybridized carbons (Fsp3) is 0.182. The second kappa shape index (κ2) is 9.45. The SMILES string of the molecule is COC(=O)[C@@H](Cc1ccc2ccccc2n1)NC(=O)CNC(=O)c1ccccc1. The van der Waals surface area contributed by atoms with Crippen molar-refractivity contribution in [2.75, 3.05) is 13.7 Å². The Balaban J connectivity index is 1.62. The fourth-order valence-corrected chi connectivity index (χ4v) is 2.86. The summed E-state index contributed by atoms with van der Waals surface area (Å²) in [5.74, 6) is -1.44. The number of carbonyl (C=O) groups excluding carboxylic acids is 3. The minimum atomic E-state index is -0.908. The van der Waals surface area contributed by atoms with Crippen molar-refractivity contribution in [1.29, 1.82) is 0 Å². The van der Waals surface area contributed by atoms with Crippen molar-refractivity contribution in [2.45, 2.75) is 12.5 Å². The Labute approximate surface area is 168 Å². The van der Waals surface area contributed by atoms with Gasteiger partial charge in [0.25, 0.3) is 5.91 Å². The number of benzene rings is 2. The van der Waals surface area contributed by atoms with Crippen LogP contribution in [0.4, 0.5) is 0 Å². The van der Waals surface area contributed by atoms with E-state index in [-0.39, 0.29) is 18.9 Å². The van der Waals surface area contributed by atoms with E-state index in [0.29, 0.717) is 11.3 Å². The van der Waals surface area contributed by atoms with Gasteiger partial charge in [-0.15, -0.1) is 0 Å². The zero-order valence-corrected chi connectivity index (χ0v) is 15.9. The standard InChI is InChI=1S/C22H21N3O4/c1-29-22(28)19(13-17-12-11-15-7-5-6-10-18(15)24-17)25-20(26)14-23-21(27)16-8-3-2-4-9-16/h2-12,19H,13-14H2,1H3,(H,23,27)(H,25,26)/t19-/m1/s1. The first-order chi connectivity index (χ1) is 14.1. The third-order valence-electron chi connectivity index (χ3n) is 4.34. The Morgan fingerprint density at radius 2 is 1.69 bits per heavy atom. The van der Waals surface area contributed by atoms with E-state index in [1.54, 1.807) is 30.3 Å². The lowest BCUT2D eigenvalue weighted by molar-refractivity contribution is -0.144. The predicted molar refractivity (Wildman–Crippen MR) is 108 cm³/mol. The molecule has 2 amide bonds. The Hall–Kier alpha value is -3.74. The van der Waals surface area contributed by atoms with E-state index in [1.807, 2.05) is 36.4 Å². The van der Waals surface area contributed by atoms with Crippen LogP contribution in [0.5, 0.6) is 0 Å². The highest BCUT2D eigenvalue weighted by molar-refractivity contribution is 5.96. The second-order valence-electron chi connectivity index (χ2n) is 6.39. The highest BCUT2D eigenvalue weighted by Gasteiger charge is 2.23. The first-order valence-electron chi connectivity index (χ1n) is 9.12. The van der Waals surface area contributed by atoms with Crippen LogP contribution in [0.15, 0.2) is 66.7 Å². The van der Waals surface area contributed by atoms with Gasteiger partial charge in [-0.3, -0.25) is 14.6 Å². The maximum absolute atomic E-state index is 12.3. The van der Waals surface area contributed by atoms with Crippen molar-refractivity contribution in [1.82, 2.24) is 15.6 Å². The molecule has 0 radical (unpaired) electrons. The molecule has 3 rings (SSSR count). The number of hydrogen-bond acceptors (Lipinski definition) is 5. The van der Waals surface area contributed by atoms with Gasteiger partial charge in [0.15, 0.2) is 0 Å². The van der Waals surface area contributed by atoms with E-state index < -0.39 is 17.9 Å². The minimum absolute atomic E-state index is 0.176. The molecule has 0 spiro atoms. The number of aromatic nitrogens is 1. The average Bonchev–Trinajstić information content (AvgIpc) is 2.77. The number of carbonyl (C=O) groups is 3. The van der Waals surface area contributed by atoms with Gasteiger partial charge in [0.2, 0.25) is 5.91 Å². The number of nitrogens with one attached hydrogen (secondary N) is 2. The quantitative estimate of drug-likeness (QED) is 0.599. The molecule has 29 heavy (non-hydrogen) atoms. The van der Waals surface area contributed by atoms with Crippen LogP contribution in [0.1, 0.15) is 16.1 Å². The van der Waals surface area contributed by atoms with E-state index in [1.165, 1.54) is 7.11 Å². The number of pyridine rings is 1. The van der Waals surface area contributed by atoms with Crippen LogP contribution in [0.25, 0.3) is 10.9 Å². The van der Waals surface area contributed by atoms with Gasteiger partial charge in [-0.1, -0.05) is 42.5 Å². The number of fused-ring (bicyclic) bond motifs is 1. The summed E-state index contributed by atoms with van der Waals surface area (Å²) in [4.78, 5) is 41.0. The lowest BCUT2D eigenvalue weighted by Gasteiger charge is -2.16. The van der Waals surface area contributed by atoms with Crippen LogP contribution in [0.2, 0.25) is 0 Å². The van der Waals surface area contributed by atoms with Crippen LogP contribution in [-0.4, -0.2) is 42.5 Å². The minimum Gasteiger partial charge on any atom is -0.467 e. The molecule has 0 aliphatic heterocycles. The molecule has 0 bridgehead atoms. The van der Waals surface area contributed by atoms with Crippen LogP contribution in [0.3, 0.4) is 0 Å². The van der Waals surface area contributed by atoms with E-state index in [9.17, 15) is 14.4 Å². The molecule has 7 heteroatoms. The number of methoxy groups -OCH3 is 1. The molecule has 0 fully saturated rings. The van der Waals surface area contributed by atoms with Gasteiger partial charge in [0.05, 0.1) is 19.2 Å². The lowest BCUT2D eigenvalue weighted by Crippen LogP contribution is -2.47. The largest absolute Gasteiger partial charge is 0.467 e. The van der Waals surface area contributed by atoms with Gasteiger partial charge in [0.1, 0.15) is 6.04 Å². The molecule has 1 atom stereocenters. The number of hydrogen-bond donors (Lipinski definition) is 2. The van der Waals surface area contributed by atoms with Crippen LogP contribution < -0.4 is 10.6 Å². The lowest BCUT2D eigenvalue weighted by atomic mass is 10.1. The van der Waals surface area contributed by atoms with Gasteiger partial charge in [0, 0.05) is 23.1 Å².